The van der Waals surface area contributed by atoms with Gasteiger partial charge in [0.15, 0.2) is 12.4 Å². The number of nitrogens with zero attached hydrogens (tertiary/aromatic N) is 1. The number of benzene rings is 1. The van der Waals surface area contributed by atoms with E-state index in [9.17, 15) is 9.90 Å². The molecule has 2 rings (SSSR count). The van der Waals surface area contributed by atoms with E-state index in [1.807, 2.05) is 59.4 Å². The average molecular weight is 355 g/mol. The predicted molar refractivity (Wildman–Crippen MR) is 106 cm³/mol. The second kappa shape index (κ2) is 11.5. The largest absolute Gasteiger partial charge is 0.481 e. The Hall–Kier alpha value is -2.16. The maximum absolute atomic E-state index is 11.9. The number of pyridine rings is 1. The second-order valence-corrected chi connectivity index (χ2v) is 7.00. The Bertz CT molecular complexity index is 654. The summed E-state index contributed by atoms with van der Waals surface area (Å²) >= 11 is 0. The Balaban J connectivity index is 1.95. The molecule has 0 aliphatic carbocycles. The Morgan fingerprint density at radius 3 is 2.15 bits per heavy atom. The minimum Gasteiger partial charge on any atom is -0.481 e. The number of carboxylic acid groups (broad SMARTS) is 1. The van der Waals surface area contributed by atoms with E-state index in [2.05, 4.69) is 6.92 Å². The van der Waals surface area contributed by atoms with Crippen molar-refractivity contribution in [2.75, 3.05) is 0 Å². The molecule has 0 bridgehead atoms. The fourth-order valence-electron chi connectivity index (χ4n) is 3.47. The molecular formula is C23H32NO2+. The summed E-state index contributed by atoms with van der Waals surface area (Å²) in [4.78, 5) is 11.9. The summed E-state index contributed by atoms with van der Waals surface area (Å²) in [6.07, 6.45) is 14.5. The molecule has 26 heavy (non-hydrogen) atoms. The van der Waals surface area contributed by atoms with Crippen molar-refractivity contribution in [3.8, 4) is 5.69 Å². The first-order valence-electron chi connectivity index (χ1n) is 10.0. The van der Waals surface area contributed by atoms with Gasteiger partial charge in [0.05, 0.1) is 5.92 Å². The molecule has 0 saturated heterocycles. The standard InChI is InChI=1S/C23H31NO2/c1-2-3-4-5-6-7-8-10-16-21(23(25)26)20-15-11-12-17-22(20)24-18-13-9-14-19-24/h9,11-15,17-19,21H,2-8,10,16H2,1H3/p+1. The summed E-state index contributed by atoms with van der Waals surface area (Å²) in [5, 5.41) is 9.79. The number of hydrogen-bond acceptors (Lipinski definition) is 1. The third-order valence-corrected chi connectivity index (χ3v) is 4.95. The topological polar surface area (TPSA) is 41.2 Å². The lowest BCUT2D eigenvalue weighted by atomic mass is 9.91. The quantitative estimate of drug-likeness (QED) is 0.394. The molecule has 3 nitrogen and oxygen atoms in total. The van der Waals surface area contributed by atoms with Gasteiger partial charge in [-0.25, -0.2) is 0 Å². The summed E-state index contributed by atoms with van der Waals surface area (Å²) in [7, 11) is 0. The Morgan fingerprint density at radius 1 is 0.885 bits per heavy atom. The normalized spacial score (nSPS) is 12.0. The minimum absolute atomic E-state index is 0.445. The first-order chi connectivity index (χ1) is 12.7. The smallest absolute Gasteiger partial charge is 0.311 e. The molecule has 0 aliphatic rings. The van der Waals surface area contributed by atoms with Crippen molar-refractivity contribution < 1.29 is 14.5 Å². The molecule has 140 valence electrons. The van der Waals surface area contributed by atoms with Crippen molar-refractivity contribution in [2.45, 2.75) is 70.6 Å². The van der Waals surface area contributed by atoms with Crippen LogP contribution in [-0.2, 0) is 4.79 Å². The van der Waals surface area contributed by atoms with E-state index >= 15 is 0 Å². The fraction of sp³-hybridized carbons (Fsp3) is 0.478. The molecule has 0 fully saturated rings. The van der Waals surface area contributed by atoms with Crippen molar-refractivity contribution in [1.29, 1.82) is 0 Å². The number of carbonyl (C=O) groups is 1. The van der Waals surface area contributed by atoms with Crippen molar-refractivity contribution in [3.05, 3.63) is 60.4 Å². The van der Waals surface area contributed by atoms with Gasteiger partial charge >= 0.3 is 5.97 Å². The van der Waals surface area contributed by atoms with Gasteiger partial charge in [-0.3, -0.25) is 4.79 Å². The van der Waals surface area contributed by atoms with Crippen molar-refractivity contribution in [1.82, 2.24) is 0 Å². The highest BCUT2D eigenvalue weighted by molar-refractivity contribution is 5.77. The van der Waals surface area contributed by atoms with Crippen LogP contribution in [0.3, 0.4) is 0 Å². The van der Waals surface area contributed by atoms with Crippen LogP contribution in [0.5, 0.6) is 0 Å². The lowest BCUT2D eigenvalue weighted by Crippen LogP contribution is -2.32. The highest BCUT2D eigenvalue weighted by atomic mass is 16.4. The zero-order valence-corrected chi connectivity index (χ0v) is 15.9. The number of hydrogen-bond donors (Lipinski definition) is 1. The number of aliphatic carboxylic acids is 1. The number of para-hydroxylation sites is 1. The molecule has 0 radical (unpaired) electrons. The molecule has 2 aromatic rings. The van der Waals surface area contributed by atoms with Crippen LogP contribution in [0.4, 0.5) is 0 Å². The number of rotatable bonds is 12. The highest BCUT2D eigenvalue weighted by Crippen LogP contribution is 2.26. The number of unbranched alkanes of at least 4 members (excludes halogenated alkanes) is 7. The Morgan fingerprint density at radius 2 is 1.50 bits per heavy atom. The molecule has 1 aromatic heterocycles. The number of aromatic nitrogens is 1. The van der Waals surface area contributed by atoms with Gasteiger partial charge in [0.25, 0.3) is 0 Å². The fourth-order valence-corrected chi connectivity index (χ4v) is 3.47. The summed E-state index contributed by atoms with van der Waals surface area (Å²) < 4.78 is 2.00. The van der Waals surface area contributed by atoms with Crippen molar-refractivity contribution >= 4 is 5.97 Å². The summed E-state index contributed by atoms with van der Waals surface area (Å²) in [6, 6.07) is 13.8. The predicted octanol–water partition coefficient (Wildman–Crippen LogP) is 5.66. The molecule has 0 spiro atoms. The zero-order chi connectivity index (χ0) is 18.6. The summed E-state index contributed by atoms with van der Waals surface area (Å²) in [6.45, 7) is 2.23. The van der Waals surface area contributed by atoms with E-state index in [0.717, 1.165) is 24.1 Å². The lowest BCUT2D eigenvalue weighted by Gasteiger charge is -2.14. The van der Waals surface area contributed by atoms with Gasteiger partial charge in [0.2, 0.25) is 5.69 Å². The molecule has 1 unspecified atom stereocenters. The second-order valence-electron chi connectivity index (χ2n) is 7.00. The molecule has 1 heterocycles. The average Bonchev–Trinajstić information content (AvgIpc) is 2.67. The van der Waals surface area contributed by atoms with Crippen LogP contribution in [0.1, 0.15) is 76.2 Å². The lowest BCUT2D eigenvalue weighted by molar-refractivity contribution is -0.596. The molecule has 3 heteroatoms. The van der Waals surface area contributed by atoms with Gasteiger partial charge in [0, 0.05) is 23.8 Å². The SMILES string of the molecule is CCCCCCCCCCC(C(=O)O)c1ccccc1-[n+]1ccccc1. The molecule has 0 amide bonds. The monoisotopic (exact) mass is 354 g/mol. The van der Waals surface area contributed by atoms with E-state index in [0.29, 0.717) is 6.42 Å². The van der Waals surface area contributed by atoms with Crippen LogP contribution in [0.2, 0.25) is 0 Å². The van der Waals surface area contributed by atoms with Gasteiger partial charge < -0.3 is 5.11 Å². The van der Waals surface area contributed by atoms with Crippen LogP contribution < -0.4 is 4.57 Å². The van der Waals surface area contributed by atoms with Crippen LogP contribution in [0.15, 0.2) is 54.9 Å². The first-order valence-corrected chi connectivity index (χ1v) is 10.0. The van der Waals surface area contributed by atoms with Gasteiger partial charge in [-0.1, -0.05) is 82.6 Å². The van der Waals surface area contributed by atoms with Crippen LogP contribution in [0, 0.1) is 0 Å². The molecular weight excluding hydrogens is 322 g/mol. The third-order valence-electron chi connectivity index (χ3n) is 4.95. The van der Waals surface area contributed by atoms with Crippen LogP contribution >= 0.6 is 0 Å². The van der Waals surface area contributed by atoms with Crippen molar-refractivity contribution in [2.24, 2.45) is 0 Å². The molecule has 0 aliphatic heterocycles. The Kier molecular flexibility index (Phi) is 8.88. The van der Waals surface area contributed by atoms with Gasteiger partial charge in [-0.15, -0.1) is 0 Å². The summed E-state index contributed by atoms with van der Waals surface area (Å²) in [5.41, 5.74) is 1.86. The van der Waals surface area contributed by atoms with E-state index in [4.69, 9.17) is 0 Å². The van der Waals surface area contributed by atoms with E-state index in [-0.39, 0.29) is 0 Å². The third kappa shape index (κ3) is 6.29. The first kappa shape index (κ1) is 20.2. The molecule has 1 atom stereocenters. The Labute approximate surface area is 157 Å². The van der Waals surface area contributed by atoms with Crippen molar-refractivity contribution in [3.63, 3.8) is 0 Å². The van der Waals surface area contributed by atoms with Crippen LogP contribution in [-0.4, -0.2) is 11.1 Å². The van der Waals surface area contributed by atoms with E-state index in [1.54, 1.807) is 0 Å². The van der Waals surface area contributed by atoms with E-state index in [1.165, 1.54) is 38.5 Å². The maximum Gasteiger partial charge on any atom is 0.311 e. The van der Waals surface area contributed by atoms with Gasteiger partial charge in [-0.05, 0) is 6.42 Å². The zero-order valence-electron chi connectivity index (χ0n) is 15.9. The minimum atomic E-state index is -0.725. The van der Waals surface area contributed by atoms with Crippen LogP contribution in [0.25, 0.3) is 5.69 Å². The summed E-state index contributed by atoms with van der Waals surface area (Å²) in [5.74, 6) is -1.17. The highest BCUT2D eigenvalue weighted by Gasteiger charge is 2.25. The van der Waals surface area contributed by atoms with Gasteiger partial charge in [-0.2, -0.15) is 4.57 Å². The number of carboxylic acids is 1. The van der Waals surface area contributed by atoms with Gasteiger partial charge in [0.1, 0.15) is 0 Å². The molecule has 1 N–H and O–H groups in total. The van der Waals surface area contributed by atoms with E-state index < -0.39 is 11.9 Å². The maximum atomic E-state index is 11.9. The molecule has 1 aromatic carbocycles. The molecule has 0 saturated carbocycles.